The van der Waals surface area contributed by atoms with E-state index in [1.165, 1.54) is 5.56 Å². The molecule has 3 rings (SSSR count). The van der Waals surface area contributed by atoms with Crippen molar-refractivity contribution in [1.29, 1.82) is 0 Å². The molecule has 1 aliphatic heterocycles. The third-order valence-corrected chi connectivity index (χ3v) is 3.80. The SMILES string of the molecule is CC1=Nc2ccc3ccc(O)cc3c2C1(C)C. The highest BCUT2D eigenvalue weighted by Gasteiger charge is 2.33. The lowest BCUT2D eigenvalue weighted by Gasteiger charge is -2.21. The van der Waals surface area contributed by atoms with E-state index in [9.17, 15) is 5.11 Å². The lowest BCUT2D eigenvalue weighted by molar-refractivity contribution is 0.476. The van der Waals surface area contributed by atoms with Crippen LogP contribution in [-0.4, -0.2) is 10.8 Å². The number of hydrogen-bond donors (Lipinski definition) is 1. The van der Waals surface area contributed by atoms with Gasteiger partial charge in [-0.25, -0.2) is 0 Å². The normalized spacial score (nSPS) is 17.0. The van der Waals surface area contributed by atoms with Crippen LogP contribution in [0.4, 0.5) is 5.69 Å². The topological polar surface area (TPSA) is 32.6 Å². The molecule has 0 amide bonds. The fourth-order valence-corrected chi connectivity index (χ4v) is 2.55. The molecule has 1 aliphatic rings. The summed E-state index contributed by atoms with van der Waals surface area (Å²) < 4.78 is 0. The summed E-state index contributed by atoms with van der Waals surface area (Å²) in [7, 11) is 0. The van der Waals surface area contributed by atoms with E-state index in [0.29, 0.717) is 5.75 Å². The number of phenolic OH excluding ortho intramolecular Hbond substituents is 1. The lowest BCUT2D eigenvalue weighted by Crippen LogP contribution is -2.22. The first-order valence-electron chi connectivity index (χ1n) is 5.82. The molecule has 0 bridgehead atoms. The molecule has 0 unspecified atom stereocenters. The first-order valence-corrected chi connectivity index (χ1v) is 5.82. The number of rotatable bonds is 0. The fraction of sp³-hybridized carbons (Fsp3) is 0.267. The number of nitrogens with zero attached hydrogens (tertiary/aromatic N) is 1. The second-order valence-electron chi connectivity index (χ2n) is 5.19. The summed E-state index contributed by atoms with van der Waals surface area (Å²) in [4.78, 5) is 4.62. The summed E-state index contributed by atoms with van der Waals surface area (Å²) >= 11 is 0. The molecule has 0 spiro atoms. The Morgan fingerprint density at radius 1 is 1.12 bits per heavy atom. The van der Waals surface area contributed by atoms with Crippen LogP contribution in [-0.2, 0) is 5.41 Å². The lowest BCUT2D eigenvalue weighted by atomic mass is 9.80. The zero-order valence-corrected chi connectivity index (χ0v) is 10.3. The maximum atomic E-state index is 9.66. The average Bonchev–Trinajstić information content (AvgIpc) is 2.50. The Labute approximate surface area is 101 Å². The van der Waals surface area contributed by atoms with Crippen LogP contribution in [0, 0.1) is 0 Å². The quantitative estimate of drug-likeness (QED) is 0.724. The molecular formula is C15H15NO. The van der Waals surface area contributed by atoms with Crippen LogP contribution in [0.15, 0.2) is 35.3 Å². The van der Waals surface area contributed by atoms with Gasteiger partial charge in [-0.05, 0) is 41.5 Å². The fourth-order valence-electron chi connectivity index (χ4n) is 2.55. The molecule has 0 atom stereocenters. The first-order chi connectivity index (χ1) is 8.00. The van der Waals surface area contributed by atoms with Gasteiger partial charge in [-0.3, -0.25) is 4.99 Å². The van der Waals surface area contributed by atoms with Crippen LogP contribution in [0.5, 0.6) is 5.75 Å². The molecular weight excluding hydrogens is 210 g/mol. The average molecular weight is 225 g/mol. The van der Waals surface area contributed by atoms with Crippen molar-refractivity contribution in [1.82, 2.24) is 0 Å². The first kappa shape index (κ1) is 10.3. The molecule has 1 heterocycles. The van der Waals surface area contributed by atoms with Crippen molar-refractivity contribution >= 4 is 22.2 Å². The van der Waals surface area contributed by atoms with Crippen LogP contribution in [0.2, 0.25) is 0 Å². The van der Waals surface area contributed by atoms with Gasteiger partial charge in [-0.1, -0.05) is 26.0 Å². The Bertz CT molecular complexity index is 653. The molecule has 17 heavy (non-hydrogen) atoms. The van der Waals surface area contributed by atoms with Gasteiger partial charge in [0, 0.05) is 11.1 Å². The van der Waals surface area contributed by atoms with Gasteiger partial charge in [0.25, 0.3) is 0 Å². The molecule has 2 nitrogen and oxygen atoms in total. The second kappa shape index (κ2) is 3.10. The van der Waals surface area contributed by atoms with Crippen LogP contribution in [0.1, 0.15) is 26.3 Å². The molecule has 0 radical (unpaired) electrons. The van der Waals surface area contributed by atoms with E-state index in [2.05, 4.69) is 37.9 Å². The second-order valence-corrected chi connectivity index (χ2v) is 5.19. The predicted molar refractivity (Wildman–Crippen MR) is 71.4 cm³/mol. The van der Waals surface area contributed by atoms with Crippen molar-refractivity contribution < 1.29 is 5.11 Å². The van der Waals surface area contributed by atoms with Crippen LogP contribution >= 0.6 is 0 Å². The summed E-state index contributed by atoms with van der Waals surface area (Å²) in [5.41, 5.74) is 3.33. The highest BCUT2D eigenvalue weighted by molar-refractivity contribution is 6.06. The molecule has 0 aliphatic carbocycles. The summed E-state index contributed by atoms with van der Waals surface area (Å²) in [6.45, 7) is 6.43. The van der Waals surface area contributed by atoms with Crippen molar-refractivity contribution in [3.63, 3.8) is 0 Å². The van der Waals surface area contributed by atoms with Gasteiger partial charge < -0.3 is 5.11 Å². The number of hydrogen-bond acceptors (Lipinski definition) is 2. The third-order valence-electron chi connectivity index (χ3n) is 3.80. The van der Waals surface area contributed by atoms with Crippen molar-refractivity contribution in [2.75, 3.05) is 0 Å². The minimum absolute atomic E-state index is 0.0529. The zero-order valence-electron chi connectivity index (χ0n) is 10.3. The monoisotopic (exact) mass is 225 g/mol. The largest absolute Gasteiger partial charge is 0.508 e. The number of aromatic hydroxyl groups is 1. The van der Waals surface area contributed by atoms with Gasteiger partial charge in [0.05, 0.1) is 5.69 Å². The molecule has 2 aromatic rings. The Morgan fingerprint density at radius 2 is 1.82 bits per heavy atom. The molecule has 1 N–H and O–H groups in total. The van der Waals surface area contributed by atoms with Gasteiger partial charge in [-0.15, -0.1) is 0 Å². The van der Waals surface area contributed by atoms with E-state index in [1.807, 2.05) is 12.1 Å². The Morgan fingerprint density at radius 3 is 2.59 bits per heavy atom. The van der Waals surface area contributed by atoms with Gasteiger partial charge in [0.2, 0.25) is 0 Å². The molecule has 0 saturated heterocycles. The van der Waals surface area contributed by atoms with Crippen molar-refractivity contribution in [2.45, 2.75) is 26.2 Å². The van der Waals surface area contributed by atoms with Gasteiger partial charge >= 0.3 is 0 Å². The maximum absolute atomic E-state index is 9.66. The van der Waals surface area contributed by atoms with E-state index >= 15 is 0 Å². The van der Waals surface area contributed by atoms with Crippen molar-refractivity contribution in [3.8, 4) is 5.75 Å². The minimum Gasteiger partial charge on any atom is -0.508 e. The molecule has 0 saturated carbocycles. The van der Waals surface area contributed by atoms with E-state index in [1.54, 1.807) is 6.07 Å². The standard InChI is InChI=1S/C15H15NO/c1-9-15(2,3)14-12-8-11(17)6-4-10(12)5-7-13(14)16-9/h4-8,17H,1-3H3. The van der Waals surface area contributed by atoms with E-state index in [0.717, 1.165) is 22.2 Å². The van der Waals surface area contributed by atoms with Crippen molar-refractivity contribution in [3.05, 3.63) is 35.9 Å². The van der Waals surface area contributed by atoms with Crippen molar-refractivity contribution in [2.24, 2.45) is 4.99 Å². The summed E-state index contributed by atoms with van der Waals surface area (Å²) in [6.07, 6.45) is 0. The van der Waals surface area contributed by atoms with Crippen LogP contribution < -0.4 is 0 Å². The van der Waals surface area contributed by atoms with Gasteiger partial charge in [0.1, 0.15) is 5.75 Å². The Kier molecular flexibility index (Phi) is 1.88. The van der Waals surface area contributed by atoms with E-state index in [4.69, 9.17) is 0 Å². The highest BCUT2D eigenvalue weighted by atomic mass is 16.3. The maximum Gasteiger partial charge on any atom is 0.116 e. The van der Waals surface area contributed by atoms with Gasteiger partial charge in [0.15, 0.2) is 0 Å². The van der Waals surface area contributed by atoms with Gasteiger partial charge in [-0.2, -0.15) is 0 Å². The Hall–Kier alpha value is -1.83. The number of phenols is 1. The minimum atomic E-state index is -0.0529. The number of benzene rings is 2. The number of fused-ring (bicyclic) bond motifs is 3. The van der Waals surface area contributed by atoms with E-state index in [-0.39, 0.29) is 5.41 Å². The predicted octanol–water partition coefficient (Wildman–Crippen LogP) is 3.93. The highest BCUT2D eigenvalue weighted by Crippen LogP contribution is 2.44. The zero-order chi connectivity index (χ0) is 12.2. The summed E-state index contributed by atoms with van der Waals surface area (Å²) in [5, 5.41) is 11.9. The van der Waals surface area contributed by atoms with Crippen LogP contribution in [0.25, 0.3) is 10.8 Å². The molecule has 0 fully saturated rings. The number of aliphatic imine (C=N–C) groups is 1. The Balaban J connectivity index is 2.44. The molecule has 2 aromatic carbocycles. The smallest absolute Gasteiger partial charge is 0.116 e. The van der Waals surface area contributed by atoms with E-state index < -0.39 is 0 Å². The molecule has 2 heteroatoms. The summed E-state index contributed by atoms with van der Waals surface area (Å²) in [5.74, 6) is 0.311. The third kappa shape index (κ3) is 1.30. The molecule has 0 aromatic heterocycles. The van der Waals surface area contributed by atoms with Crippen LogP contribution in [0.3, 0.4) is 0 Å². The molecule has 86 valence electrons. The summed E-state index contributed by atoms with van der Waals surface area (Å²) in [6, 6.07) is 9.64.